The maximum Gasteiger partial charge on any atom is 0.225 e. The van der Waals surface area contributed by atoms with Crippen molar-refractivity contribution in [3.63, 3.8) is 0 Å². The highest BCUT2D eigenvalue weighted by Crippen LogP contribution is 2.29. The fourth-order valence-corrected chi connectivity index (χ4v) is 3.56. The van der Waals surface area contributed by atoms with Crippen molar-refractivity contribution < 1.29 is 14.6 Å². The SMILES string of the molecule is COC(CN)CC(=O)N1CCCC1CC(O)c1cccs1. The molecular weight excluding hydrogens is 288 g/mol. The van der Waals surface area contributed by atoms with E-state index in [0.29, 0.717) is 19.4 Å². The van der Waals surface area contributed by atoms with Crippen LogP contribution < -0.4 is 5.73 Å². The number of carbonyl (C=O) groups excluding carboxylic acids is 1. The van der Waals surface area contributed by atoms with Gasteiger partial charge in [0.15, 0.2) is 0 Å². The summed E-state index contributed by atoms with van der Waals surface area (Å²) in [7, 11) is 1.58. The monoisotopic (exact) mass is 312 g/mol. The molecule has 0 radical (unpaired) electrons. The Labute approximate surface area is 129 Å². The fraction of sp³-hybridized carbons (Fsp3) is 0.667. The van der Waals surface area contributed by atoms with Crippen molar-refractivity contribution in [1.82, 2.24) is 4.90 Å². The van der Waals surface area contributed by atoms with Crippen molar-refractivity contribution >= 4 is 17.2 Å². The Morgan fingerprint density at radius 3 is 3.10 bits per heavy atom. The van der Waals surface area contributed by atoms with Crippen LogP contribution in [0.5, 0.6) is 0 Å². The summed E-state index contributed by atoms with van der Waals surface area (Å²) in [6, 6.07) is 3.99. The first-order valence-corrected chi connectivity index (χ1v) is 8.27. The molecule has 1 saturated heterocycles. The van der Waals surface area contributed by atoms with Gasteiger partial charge in [0, 0.05) is 31.1 Å². The van der Waals surface area contributed by atoms with E-state index in [9.17, 15) is 9.90 Å². The molecule has 1 aromatic rings. The summed E-state index contributed by atoms with van der Waals surface area (Å²) in [6.07, 6.45) is 2.16. The molecule has 2 rings (SSSR count). The van der Waals surface area contributed by atoms with Gasteiger partial charge in [-0.3, -0.25) is 4.79 Å². The number of ether oxygens (including phenoxy) is 1. The number of nitrogens with two attached hydrogens (primary N) is 1. The summed E-state index contributed by atoms with van der Waals surface area (Å²) >= 11 is 1.55. The van der Waals surface area contributed by atoms with Gasteiger partial charge in [0.1, 0.15) is 0 Å². The third-order valence-corrected chi connectivity index (χ3v) is 5.04. The van der Waals surface area contributed by atoms with Crippen LogP contribution in [-0.2, 0) is 9.53 Å². The van der Waals surface area contributed by atoms with Crippen LogP contribution in [0.25, 0.3) is 0 Å². The molecule has 3 N–H and O–H groups in total. The summed E-state index contributed by atoms with van der Waals surface area (Å²) in [5, 5.41) is 12.2. The highest BCUT2D eigenvalue weighted by Gasteiger charge is 2.31. The second-order valence-electron chi connectivity index (χ2n) is 5.45. The van der Waals surface area contributed by atoms with E-state index in [2.05, 4.69) is 0 Å². The molecule has 6 heteroatoms. The summed E-state index contributed by atoms with van der Waals surface area (Å²) in [5.74, 6) is 0.0770. The summed E-state index contributed by atoms with van der Waals surface area (Å²) in [4.78, 5) is 15.2. The van der Waals surface area contributed by atoms with Gasteiger partial charge in [-0.15, -0.1) is 11.3 Å². The molecular formula is C15H24N2O3S. The van der Waals surface area contributed by atoms with E-state index >= 15 is 0 Å². The zero-order valence-corrected chi connectivity index (χ0v) is 13.2. The quantitative estimate of drug-likeness (QED) is 0.800. The number of methoxy groups -OCH3 is 1. The van der Waals surface area contributed by atoms with E-state index in [4.69, 9.17) is 10.5 Å². The second kappa shape index (κ2) is 7.89. The third-order valence-electron chi connectivity index (χ3n) is 4.06. The lowest BCUT2D eigenvalue weighted by Crippen LogP contribution is -2.39. The van der Waals surface area contributed by atoms with Crippen molar-refractivity contribution in [2.24, 2.45) is 5.73 Å². The number of carbonyl (C=O) groups is 1. The number of hydrogen-bond donors (Lipinski definition) is 2. The Bertz CT molecular complexity index is 434. The molecule has 5 nitrogen and oxygen atoms in total. The first-order valence-electron chi connectivity index (χ1n) is 7.39. The second-order valence-corrected chi connectivity index (χ2v) is 6.43. The smallest absolute Gasteiger partial charge is 0.225 e. The van der Waals surface area contributed by atoms with E-state index in [1.807, 2.05) is 22.4 Å². The number of aliphatic hydroxyl groups is 1. The van der Waals surface area contributed by atoms with E-state index < -0.39 is 6.10 Å². The van der Waals surface area contributed by atoms with Crippen molar-refractivity contribution in [3.8, 4) is 0 Å². The first kappa shape index (κ1) is 16.4. The zero-order valence-electron chi connectivity index (χ0n) is 12.4. The maximum atomic E-state index is 12.4. The standard InChI is InChI=1S/C15H24N2O3S/c1-20-12(10-16)9-15(19)17-6-2-4-11(17)8-13(18)14-5-3-7-21-14/h3,5,7,11-13,18H,2,4,6,8-10,16H2,1H3. The topological polar surface area (TPSA) is 75.8 Å². The molecule has 0 saturated carbocycles. The predicted octanol–water partition coefficient (Wildman–Crippen LogP) is 1.53. The number of aliphatic hydroxyl groups excluding tert-OH is 1. The first-order chi connectivity index (χ1) is 10.2. The molecule has 21 heavy (non-hydrogen) atoms. The highest BCUT2D eigenvalue weighted by atomic mass is 32.1. The number of likely N-dealkylation sites (tertiary alicyclic amines) is 1. The molecule has 0 aliphatic carbocycles. The van der Waals surface area contributed by atoms with Crippen molar-refractivity contribution in [2.45, 2.75) is 43.9 Å². The normalized spacial score (nSPS) is 21.5. The van der Waals surface area contributed by atoms with Crippen LogP contribution >= 0.6 is 11.3 Å². The van der Waals surface area contributed by atoms with Gasteiger partial charge >= 0.3 is 0 Å². The molecule has 0 bridgehead atoms. The lowest BCUT2D eigenvalue weighted by atomic mass is 10.1. The molecule has 0 aromatic carbocycles. The lowest BCUT2D eigenvalue weighted by Gasteiger charge is -2.27. The van der Waals surface area contributed by atoms with Crippen LogP contribution in [0.4, 0.5) is 0 Å². The predicted molar refractivity (Wildman–Crippen MR) is 83.1 cm³/mol. The van der Waals surface area contributed by atoms with E-state index in [-0.39, 0.29) is 18.1 Å². The van der Waals surface area contributed by atoms with Crippen molar-refractivity contribution in [3.05, 3.63) is 22.4 Å². The summed E-state index contributed by atoms with van der Waals surface area (Å²) in [6.45, 7) is 1.11. The van der Waals surface area contributed by atoms with Crippen LogP contribution in [0.1, 0.15) is 36.7 Å². The maximum absolute atomic E-state index is 12.4. The van der Waals surface area contributed by atoms with E-state index in [1.165, 1.54) is 0 Å². The average Bonchev–Trinajstić information content (AvgIpc) is 3.15. The largest absolute Gasteiger partial charge is 0.387 e. The number of rotatable bonds is 7. The van der Waals surface area contributed by atoms with Crippen LogP contribution in [-0.4, -0.2) is 48.3 Å². The molecule has 3 unspecified atom stereocenters. The van der Waals surface area contributed by atoms with E-state index in [1.54, 1.807) is 18.4 Å². The van der Waals surface area contributed by atoms with E-state index in [0.717, 1.165) is 24.3 Å². The van der Waals surface area contributed by atoms with Crippen LogP contribution in [0.15, 0.2) is 17.5 Å². The molecule has 118 valence electrons. The van der Waals surface area contributed by atoms with Gasteiger partial charge in [0.05, 0.1) is 18.6 Å². The number of nitrogens with zero attached hydrogens (tertiary/aromatic N) is 1. The molecule has 0 spiro atoms. The highest BCUT2D eigenvalue weighted by molar-refractivity contribution is 7.10. The fourth-order valence-electron chi connectivity index (χ4n) is 2.84. The third kappa shape index (κ3) is 4.26. The van der Waals surface area contributed by atoms with Gasteiger partial charge in [-0.1, -0.05) is 6.07 Å². The Kier molecular flexibility index (Phi) is 6.17. The molecule has 2 heterocycles. The lowest BCUT2D eigenvalue weighted by molar-refractivity contribution is -0.134. The summed E-state index contributed by atoms with van der Waals surface area (Å²) < 4.78 is 5.18. The minimum atomic E-state index is -0.490. The Morgan fingerprint density at radius 1 is 1.67 bits per heavy atom. The minimum Gasteiger partial charge on any atom is -0.387 e. The van der Waals surface area contributed by atoms with Crippen molar-refractivity contribution in [1.29, 1.82) is 0 Å². The molecule has 1 amide bonds. The van der Waals surface area contributed by atoms with Gasteiger partial charge < -0.3 is 20.5 Å². The molecule has 3 atom stereocenters. The average molecular weight is 312 g/mol. The minimum absolute atomic E-state index is 0.0770. The number of amides is 1. The Balaban J connectivity index is 1.92. The van der Waals surface area contributed by atoms with Gasteiger partial charge in [-0.2, -0.15) is 0 Å². The molecule has 1 aliphatic rings. The van der Waals surface area contributed by atoms with Gasteiger partial charge in [-0.05, 0) is 30.7 Å². The number of thiophene rings is 1. The molecule has 1 fully saturated rings. The van der Waals surface area contributed by atoms with Crippen molar-refractivity contribution in [2.75, 3.05) is 20.2 Å². The number of hydrogen-bond acceptors (Lipinski definition) is 5. The molecule has 1 aliphatic heterocycles. The van der Waals surface area contributed by atoms with Gasteiger partial charge in [-0.25, -0.2) is 0 Å². The van der Waals surface area contributed by atoms with Crippen LogP contribution in [0.2, 0.25) is 0 Å². The van der Waals surface area contributed by atoms with Gasteiger partial charge in [0.2, 0.25) is 5.91 Å². The van der Waals surface area contributed by atoms with Crippen LogP contribution in [0.3, 0.4) is 0 Å². The zero-order chi connectivity index (χ0) is 15.2. The molecule has 1 aromatic heterocycles. The Hall–Kier alpha value is -0.950. The summed E-state index contributed by atoms with van der Waals surface area (Å²) in [5.41, 5.74) is 5.58. The van der Waals surface area contributed by atoms with Gasteiger partial charge in [0.25, 0.3) is 0 Å². The Morgan fingerprint density at radius 2 is 2.48 bits per heavy atom. The van der Waals surface area contributed by atoms with Crippen LogP contribution in [0, 0.1) is 0 Å².